The van der Waals surface area contributed by atoms with Gasteiger partial charge in [-0.25, -0.2) is 0 Å². The van der Waals surface area contributed by atoms with Gasteiger partial charge in [0.25, 0.3) is 0 Å². The average molecular weight is 620 g/mol. The summed E-state index contributed by atoms with van der Waals surface area (Å²) in [5.41, 5.74) is 0. The average Bonchev–Trinajstić information content (AvgIpc) is 2.96. The van der Waals surface area contributed by atoms with Crippen LogP contribution in [-0.4, -0.2) is 18.4 Å². The minimum absolute atomic E-state index is 1.29. The molecular formula is C36H68Sn. The van der Waals surface area contributed by atoms with Gasteiger partial charge in [-0.1, -0.05) is 39.0 Å². The quantitative estimate of drug-likeness (QED) is 0.0767. The zero-order valence-corrected chi connectivity index (χ0v) is 28.5. The second kappa shape index (κ2) is 20.4. The maximum absolute atomic E-state index is 2.49. The van der Waals surface area contributed by atoms with Crippen LogP contribution in [0.15, 0.2) is 12.2 Å². The van der Waals surface area contributed by atoms with Crippen molar-refractivity contribution in [3.05, 3.63) is 12.2 Å². The van der Waals surface area contributed by atoms with Crippen LogP contribution in [0.5, 0.6) is 0 Å². The van der Waals surface area contributed by atoms with Gasteiger partial charge in [-0.2, -0.15) is 0 Å². The van der Waals surface area contributed by atoms with E-state index in [9.17, 15) is 0 Å². The number of rotatable bonds is 19. The Labute approximate surface area is 238 Å². The standard InChI is InChI=1S/C18H35.3C6H11.Sn/c1-3-5-7-9-11-13-15-17-18-16-14-12-10-8-6-4-2;3*1-2-4-6-5-3-1;/h17-18H,1,3-16H2,2H3;3*1H,2-6H2;/b18-17-;;;;. The summed E-state index contributed by atoms with van der Waals surface area (Å²) in [7, 11) is 0. The first kappa shape index (κ1) is 32.1. The maximum atomic E-state index is 2.49. The zero-order chi connectivity index (χ0) is 25.9. The second-order valence-corrected chi connectivity index (χ2v) is 28.6. The Morgan fingerprint density at radius 2 is 0.784 bits per heavy atom. The normalized spacial score (nSPS) is 21.2. The number of hydrogen-bond donors (Lipinski definition) is 0. The van der Waals surface area contributed by atoms with Crippen LogP contribution in [0.2, 0.25) is 16.2 Å². The Morgan fingerprint density at radius 3 is 1.19 bits per heavy atom. The summed E-state index contributed by atoms with van der Waals surface area (Å²) in [6.45, 7) is 2.31. The van der Waals surface area contributed by atoms with Gasteiger partial charge in [0, 0.05) is 0 Å². The second-order valence-electron chi connectivity index (χ2n) is 13.8. The van der Waals surface area contributed by atoms with Crippen molar-refractivity contribution in [1.29, 1.82) is 0 Å². The molecule has 3 aliphatic carbocycles. The fourth-order valence-electron chi connectivity index (χ4n) is 9.21. The molecule has 1 heteroatoms. The van der Waals surface area contributed by atoms with E-state index >= 15 is 0 Å². The van der Waals surface area contributed by atoms with Crippen LogP contribution >= 0.6 is 0 Å². The van der Waals surface area contributed by atoms with Crippen LogP contribution < -0.4 is 0 Å². The van der Waals surface area contributed by atoms with E-state index in [-0.39, 0.29) is 0 Å². The van der Waals surface area contributed by atoms with Crippen molar-refractivity contribution in [2.24, 2.45) is 0 Å². The predicted octanol–water partition coefficient (Wildman–Crippen LogP) is 13.5. The zero-order valence-electron chi connectivity index (χ0n) is 25.6. The van der Waals surface area contributed by atoms with Crippen molar-refractivity contribution in [3.8, 4) is 0 Å². The molecule has 3 fully saturated rings. The van der Waals surface area contributed by atoms with E-state index < -0.39 is 18.4 Å². The molecule has 3 aliphatic rings. The van der Waals surface area contributed by atoms with Crippen molar-refractivity contribution in [1.82, 2.24) is 0 Å². The molecule has 0 aromatic heterocycles. The topological polar surface area (TPSA) is 0 Å². The summed E-state index contributed by atoms with van der Waals surface area (Å²) < 4.78 is 5.68. The molecular weight excluding hydrogens is 551 g/mol. The Morgan fingerprint density at radius 1 is 0.432 bits per heavy atom. The Hall–Kier alpha value is 0.539. The molecule has 37 heavy (non-hydrogen) atoms. The monoisotopic (exact) mass is 620 g/mol. The molecule has 0 amide bonds. The van der Waals surface area contributed by atoms with Crippen molar-refractivity contribution in [3.63, 3.8) is 0 Å². The van der Waals surface area contributed by atoms with E-state index in [0.717, 1.165) is 0 Å². The summed E-state index contributed by atoms with van der Waals surface area (Å²) in [5, 5.41) is 0. The molecule has 0 bridgehead atoms. The first-order chi connectivity index (χ1) is 18.4. The molecule has 0 heterocycles. The molecule has 0 N–H and O–H groups in total. The minimum atomic E-state index is -2.21. The molecule has 0 aliphatic heterocycles. The van der Waals surface area contributed by atoms with E-state index in [0.29, 0.717) is 0 Å². The Kier molecular flexibility index (Phi) is 17.7. The van der Waals surface area contributed by atoms with Crippen LogP contribution in [0, 0.1) is 0 Å². The molecule has 0 unspecified atom stereocenters. The summed E-state index contributed by atoms with van der Waals surface area (Å²) in [6, 6.07) is 0. The van der Waals surface area contributed by atoms with Gasteiger partial charge < -0.3 is 0 Å². The third-order valence-corrected chi connectivity index (χ3v) is 32.7. The van der Waals surface area contributed by atoms with Crippen LogP contribution in [-0.2, 0) is 0 Å². The molecule has 0 radical (unpaired) electrons. The molecule has 0 aromatic carbocycles. The molecule has 216 valence electrons. The first-order valence-electron chi connectivity index (χ1n) is 18.0. The van der Waals surface area contributed by atoms with Crippen molar-refractivity contribution < 1.29 is 0 Å². The van der Waals surface area contributed by atoms with Gasteiger partial charge in [0.1, 0.15) is 0 Å². The number of hydrogen-bond acceptors (Lipinski definition) is 0. The van der Waals surface area contributed by atoms with Gasteiger partial charge in [0.2, 0.25) is 0 Å². The summed E-state index contributed by atoms with van der Waals surface area (Å²) in [5.74, 6) is 0. The third kappa shape index (κ3) is 11.5. The van der Waals surface area contributed by atoms with E-state index in [1.807, 2.05) is 4.44 Å². The fourth-order valence-corrected chi connectivity index (χ4v) is 33.6. The van der Waals surface area contributed by atoms with E-state index in [4.69, 9.17) is 0 Å². The van der Waals surface area contributed by atoms with Crippen LogP contribution in [0.25, 0.3) is 0 Å². The van der Waals surface area contributed by atoms with Crippen LogP contribution in [0.3, 0.4) is 0 Å². The van der Waals surface area contributed by atoms with Gasteiger partial charge in [-0.3, -0.25) is 0 Å². The van der Waals surface area contributed by atoms with Crippen molar-refractivity contribution in [2.45, 2.75) is 209 Å². The Balaban J connectivity index is 1.36. The molecule has 0 atom stereocenters. The van der Waals surface area contributed by atoms with E-state index in [1.54, 1.807) is 109 Å². The predicted molar refractivity (Wildman–Crippen MR) is 171 cm³/mol. The SMILES string of the molecule is CCCCCCCC/C=C\CCCCCCC[CH2][Sn]([CH]1CCCCC1)([CH]1CCCCC1)[CH]1CCCCC1. The molecule has 3 rings (SSSR count). The number of allylic oxidation sites excluding steroid dienone is 2. The van der Waals surface area contributed by atoms with Gasteiger partial charge in [0.05, 0.1) is 0 Å². The fraction of sp³-hybridized carbons (Fsp3) is 0.944. The Bertz CT molecular complexity index is 501. The molecule has 0 saturated heterocycles. The summed E-state index contributed by atoms with van der Waals surface area (Å²) in [4.78, 5) is 0. The van der Waals surface area contributed by atoms with E-state index in [1.165, 1.54) is 88.9 Å². The van der Waals surface area contributed by atoms with E-state index in [2.05, 4.69) is 19.1 Å². The van der Waals surface area contributed by atoms with Gasteiger partial charge in [-0.15, -0.1) is 0 Å². The first-order valence-corrected chi connectivity index (χ1v) is 25.0. The molecule has 0 aromatic rings. The van der Waals surface area contributed by atoms with Crippen molar-refractivity contribution in [2.75, 3.05) is 0 Å². The third-order valence-electron chi connectivity index (χ3n) is 11.2. The molecule has 3 saturated carbocycles. The molecule has 0 spiro atoms. The summed E-state index contributed by atoms with van der Waals surface area (Å²) >= 11 is -2.21. The van der Waals surface area contributed by atoms with Crippen molar-refractivity contribution >= 4 is 18.4 Å². The van der Waals surface area contributed by atoms with Gasteiger partial charge in [-0.05, 0) is 0 Å². The van der Waals surface area contributed by atoms with Crippen LogP contribution in [0.1, 0.15) is 193 Å². The summed E-state index contributed by atoms with van der Waals surface area (Å²) in [6.07, 6.45) is 49.6. The van der Waals surface area contributed by atoms with Gasteiger partial charge in [0.15, 0.2) is 0 Å². The number of unbranched alkanes of at least 4 members (excludes halogenated alkanes) is 12. The van der Waals surface area contributed by atoms with Crippen LogP contribution in [0.4, 0.5) is 0 Å². The van der Waals surface area contributed by atoms with Gasteiger partial charge >= 0.3 is 201 Å². The molecule has 0 nitrogen and oxygen atoms in total.